The summed E-state index contributed by atoms with van der Waals surface area (Å²) in [4.78, 5) is 26.1. The smallest absolute Gasteiger partial charge is 0.329 e. The summed E-state index contributed by atoms with van der Waals surface area (Å²) in [7, 11) is 1.85. The quantitative estimate of drug-likeness (QED) is 0.331. The third-order valence-corrected chi connectivity index (χ3v) is 7.92. The molecule has 1 saturated carbocycles. The van der Waals surface area contributed by atoms with Gasteiger partial charge in [0, 0.05) is 42.8 Å². The number of hydrogen-bond acceptors (Lipinski definition) is 4. The number of aromatic amines is 1. The lowest BCUT2D eigenvalue weighted by molar-refractivity contribution is 0.510. The number of hydrogen-bond donors (Lipinski definition) is 1. The Labute approximate surface area is 219 Å². The number of aromatic nitrogens is 7. The van der Waals surface area contributed by atoms with Gasteiger partial charge in [-0.25, -0.2) is 9.78 Å². The van der Waals surface area contributed by atoms with Crippen LogP contribution in [0.4, 0.5) is 0 Å². The van der Waals surface area contributed by atoms with Crippen molar-refractivity contribution in [2.24, 2.45) is 7.05 Å². The highest BCUT2D eigenvalue weighted by Crippen LogP contribution is 2.42. The highest BCUT2D eigenvalue weighted by atomic mass is 16.1. The zero-order valence-corrected chi connectivity index (χ0v) is 21.6. The summed E-state index contributed by atoms with van der Waals surface area (Å²) in [5.74, 6) is 0. The molecule has 5 heterocycles. The van der Waals surface area contributed by atoms with E-state index in [1.807, 2.05) is 40.8 Å². The fraction of sp³-hybridized carbons (Fsp3) is 0.267. The van der Waals surface area contributed by atoms with Gasteiger partial charge in [-0.1, -0.05) is 42.7 Å². The zero-order chi connectivity index (χ0) is 25.8. The number of imidazole rings is 1. The van der Waals surface area contributed by atoms with Crippen LogP contribution in [-0.4, -0.2) is 33.9 Å². The van der Waals surface area contributed by atoms with Crippen LogP contribution in [0.25, 0.3) is 44.5 Å². The van der Waals surface area contributed by atoms with Crippen molar-refractivity contribution in [3.63, 3.8) is 0 Å². The molecule has 1 aliphatic rings. The second kappa shape index (κ2) is 8.83. The predicted molar refractivity (Wildman–Crippen MR) is 149 cm³/mol. The van der Waals surface area contributed by atoms with E-state index in [1.54, 1.807) is 17.0 Å². The Morgan fingerprint density at radius 3 is 2.53 bits per heavy atom. The molecule has 1 aliphatic carbocycles. The second-order valence-corrected chi connectivity index (χ2v) is 10.4. The Balaban J connectivity index is 1.49. The van der Waals surface area contributed by atoms with E-state index >= 15 is 0 Å². The predicted octanol–water partition coefficient (Wildman–Crippen LogP) is 5.61. The highest BCUT2D eigenvalue weighted by molar-refractivity contribution is 6.14. The molecule has 6 aromatic rings. The molecule has 0 unspecified atom stereocenters. The van der Waals surface area contributed by atoms with E-state index in [4.69, 9.17) is 4.98 Å². The summed E-state index contributed by atoms with van der Waals surface area (Å²) in [6, 6.07) is 12.8. The fourth-order valence-corrected chi connectivity index (χ4v) is 5.96. The van der Waals surface area contributed by atoms with E-state index in [9.17, 15) is 4.79 Å². The highest BCUT2D eigenvalue weighted by Gasteiger charge is 2.27. The van der Waals surface area contributed by atoms with Crippen molar-refractivity contribution in [3.8, 4) is 22.4 Å². The molecule has 0 bridgehead atoms. The van der Waals surface area contributed by atoms with Gasteiger partial charge in [-0.2, -0.15) is 5.10 Å². The number of H-pyrrole nitrogens is 1. The van der Waals surface area contributed by atoms with Crippen molar-refractivity contribution in [3.05, 3.63) is 89.0 Å². The van der Waals surface area contributed by atoms with Crippen LogP contribution >= 0.6 is 0 Å². The number of pyridine rings is 2. The zero-order valence-electron chi connectivity index (χ0n) is 21.6. The van der Waals surface area contributed by atoms with Crippen LogP contribution in [-0.2, 0) is 13.6 Å². The summed E-state index contributed by atoms with van der Waals surface area (Å²) < 4.78 is 5.72. The number of rotatable bonds is 5. The summed E-state index contributed by atoms with van der Waals surface area (Å²) in [6.45, 7) is 2.75. The van der Waals surface area contributed by atoms with E-state index in [0.29, 0.717) is 6.54 Å². The van der Waals surface area contributed by atoms with Gasteiger partial charge in [-0.3, -0.25) is 18.8 Å². The van der Waals surface area contributed by atoms with Crippen LogP contribution in [0, 0.1) is 6.92 Å². The van der Waals surface area contributed by atoms with Gasteiger partial charge in [0.15, 0.2) is 0 Å². The molecule has 1 N–H and O–H groups in total. The third-order valence-electron chi connectivity index (χ3n) is 7.92. The van der Waals surface area contributed by atoms with Crippen LogP contribution < -0.4 is 5.69 Å². The maximum Gasteiger partial charge on any atom is 0.329 e. The Bertz CT molecular complexity index is 1830. The summed E-state index contributed by atoms with van der Waals surface area (Å²) in [6.07, 6.45) is 13.8. The van der Waals surface area contributed by atoms with Crippen molar-refractivity contribution in [2.45, 2.75) is 45.2 Å². The van der Waals surface area contributed by atoms with Gasteiger partial charge in [-0.05, 0) is 43.0 Å². The molecule has 7 rings (SSSR count). The molecule has 0 spiro atoms. The average Bonchev–Trinajstić information content (AvgIpc) is 3.72. The molecule has 38 heavy (non-hydrogen) atoms. The minimum Gasteiger partial charge on any atom is -0.339 e. The normalized spacial score (nSPS) is 14.3. The van der Waals surface area contributed by atoms with E-state index in [1.165, 1.54) is 5.56 Å². The van der Waals surface area contributed by atoms with Crippen molar-refractivity contribution >= 4 is 22.1 Å². The molecule has 0 aliphatic heterocycles. The molecule has 8 heteroatoms. The second-order valence-electron chi connectivity index (χ2n) is 10.4. The Morgan fingerprint density at radius 1 is 1.00 bits per heavy atom. The monoisotopic (exact) mass is 503 g/mol. The van der Waals surface area contributed by atoms with Crippen LogP contribution in [0.2, 0.25) is 0 Å². The van der Waals surface area contributed by atoms with E-state index in [2.05, 4.69) is 52.5 Å². The number of nitrogens with zero attached hydrogens (tertiary/aromatic N) is 6. The fourth-order valence-electron chi connectivity index (χ4n) is 5.96. The third kappa shape index (κ3) is 3.59. The lowest BCUT2D eigenvalue weighted by atomic mass is 9.98. The molecule has 0 saturated heterocycles. The first-order chi connectivity index (χ1) is 18.6. The lowest BCUT2D eigenvalue weighted by Gasteiger charge is -2.13. The lowest BCUT2D eigenvalue weighted by Crippen LogP contribution is -2.24. The van der Waals surface area contributed by atoms with Crippen LogP contribution in [0.3, 0.4) is 0 Å². The van der Waals surface area contributed by atoms with Gasteiger partial charge < -0.3 is 4.98 Å². The molecular formula is C30H29N7O. The molecule has 5 aromatic heterocycles. The number of nitrogens with one attached hydrogen (secondary N) is 1. The SMILES string of the molecule is Cc1ccc(-c2c(-c3cnn(Cc4ccncc4)c3)[nH]c3ncc4c(c23)n(C2CCCC2)c(=O)n4C)cc1. The Kier molecular flexibility index (Phi) is 5.28. The van der Waals surface area contributed by atoms with Gasteiger partial charge in [0.1, 0.15) is 5.65 Å². The van der Waals surface area contributed by atoms with Gasteiger partial charge >= 0.3 is 5.69 Å². The average molecular weight is 504 g/mol. The van der Waals surface area contributed by atoms with E-state index in [0.717, 1.165) is 75.7 Å². The largest absolute Gasteiger partial charge is 0.339 e. The topological polar surface area (TPSA) is 86.3 Å². The standard InChI is InChI=1S/C30H29N7O/c1-19-7-9-21(10-8-19)25-26-28-24(35(2)30(38)37(28)23-5-3-4-6-23)16-32-29(26)34-27(25)22-15-33-36(18-22)17-20-11-13-31-14-12-20/h7-16,18,23H,3-6,17H2,1-2H3,(H,32,34). The molecule has 0 atom stereocenters. The number of benzene rings is 1. The molecule has 8 nitrogen and oxygen atoms in total. The summed E-state index contributed by atoms with van der Waals surface area (Å²) >= 11 is 0. The van der Waals surface area contributed by atoms with Crippen LogP contribution in [0.15, 0.2) is 72.2 Å². The molecular weight excluding hydrogens is 474 g/mol. The van der Waals surface area contributed by atoms with Crippen molar-refractivity contribution in [2.75, 3.05) is 0 Å². The number of aryl methyl sites for hydroxylation is 2. The van der Waals surface area contributed by atoms with Gasteiger partial charge in [0.2, 0.25) is 0 Å². The first-order valence-corrected chi connectivity index (χ1v) is 13.2. The van der Waals surface area contributed by atoms with Gasteiger partial charge in [-0.15, -0.1) is 0 Å². The first-order valence-electron chi connectivity index (χ1n) is 13.2. The van der Waals surface area contributed by atoms with Crippen molar-refractivity contribution in [1.82, 2.24) is 33.9 Å². The molecule has 0 radical (unpaired) electrons. The number of fused-ring (bicyclic) bond motifs is 3. The minimum absolute atomic E-state index is 0.0315. The summed E-state index contributed by atoms with van der Waals surface area (Å²) in [5, 5.41) is 5.66. The molecule has 0 amide bonds. The Morgan fingerprint density at radius 2 is 1.76 bits per heavy atom. The molecule has 190 valence electrons. The van der Waals surface area contributed by atoms with Crippen LogP contribution in [0.5, 0.6) is 0 Å². The maximum absolute atomic E-state index is 13.5. The minimum atomic E-state index is 0.0315. The van der Waals surface area contributed by atoms with Gasteiger partial charge in [0.25, 0.3) is 0 Å². The molecule has 1 fully saturated rings. The van der Waals surface area contributed by atoms with Crippen LogP contribution in [0.1, 0.15) is 42.9 Å². The van der Waals surface area contributed by atoms with Crippen molar-refractivity contribution < 1.29 is 0 Å². The summed E-state index contributed by atoms with van der Waals surface area (Å²) in [5.41, 5.74) is 9.06. The first kappa shape index (κ1) is 22.7. The van der Waals surface area contributed by atoms with E-state index < -0.39 is 0 Å². The Hall–Kier alpha value is -4.46. The molecule has 1 aromatic carbocycles. The maximum atomic E-state index is 13.5. The van der Waals surface area contributed by atoms with E-state index in [-0.39, 0.29) is 11.7 Å². The van der Waals surface area contributed by atoms with Gasteiger partial charge in [0.05, 0.1) is 41.1 Å². The van der Waals surface area contributed by atoms with Crippen molar-refractivity contribution in [1.29, 1.82) is 0 Å².